The van der Waals surface area contributed by atoms with E-state index in [1.54, 1.807) is 6.20 Å². The maximum Gasteiger partial charge on any atom is 0.225 e. The molecule has 5 rings (SSSR count). The van der Waals surface area contributed by atoms with Gasteiger partial charge in [0.05, 0.1) is 28.6 Å². The minimum absolute atomic E-state index is 0.181. The number of hydrogen-bond donors (Lipinski definition) is 0. The number of hydrogen-bond acceptors (Lipinski definition) is 7. The van der Waals surface area contributed by atoms with Crippen LogP contribution in [0.5, 0.6) is 0 Å². The summed E-state index contributed by atoms with van der Waals surface area (Å²) in [7, 11) is 0. The first kappa shape index (κ1) is 22.0. The molecule has 1 saturated heterocycles. The Labute approximate surface area is 199 Å². The van der Waals surface area contributed by atoms with E-state index in [9.17, 15) is 0 Å². The zero-order valence-electron chi connectivity index (χ0n) is 19.5. The number of aromatic nitrogens is 4. The Morgan fingerprint density at radius 1 is 0.970 bits per heavy atom. The normalized spacial score (nSPS) is 20.6. The van der Waals surface area contributed by atoms with Gasteiger partial charge in [-0.05, 0) is 44.9 Å². The van der Waals surface area contributed by atoms with Gasteiger partial charge in [-0.15, -0.1) is 0 Å². The van der Waals surface area contributed by atoms with Gasteiger partial charge in [0.2, 0.25) is 5.95 Å². The number of morpholine rings is 1. The van der Waals surface area contributed by atoms with Crippen LogP contribution in [0.2, 0.25) is 5.02 Å². The van der Waals surface area contributed by atoms with Gasteiger partial charge >= 0.3 is 0 Å². The molecule has 33 heavy (non-hydrogen) atoms. The number of rotatable bonds is 3. The van der Waals surface area contributed by atoms with Crippen LogP contribution in [0.3, 0.4) is 0 Å². The van der Waals surface area contributed by atoms with Crippen LogP contribution in [-0.2, 0) is 17.7 Å². The lowest BCUT2D eigenvalue weighted by molar-refractivity contribution is -0.00573. The number of fused-ring (bicyclic) bond motifs is 1. The maximum atomic E-state index is 6.52. The molecule has 0 aromatic carbocycles. The molecule has 1 fully saturated rings. The predicted molar refractivity (Wildman–Crippen MR) is 131 cm³/mol. The lowest BCUT2D eigenvalue weighted by atomic mass is 10.0. The monoisotopic (exact) mass is 464 g/mol. The highest BCUT2D eigenvalue weighted by atomic mass is 35.5. The predicted octanol–water partition coefficient (Wildman–Crippen LogP) is 4.38. The van der Waals surface area contributed by atoms with E-state index >= 15 is 0 Å². The van der Waals surface area contributed by atoms with E-state index in [0.29, 0.717) is 5.02 Å². The Bertz CT molecular complexity index is 1180. The molecule has 0 saturated carbocycles. The van der Waals surface area contributed by atoms with Crippen LogP contribution in [0.15, 0.2) is 30.7 Å². The van der Waals surface area contributed by atoms with Crippen molar-refractivity contribution < 1.29 is 4.74 Å². The fraction of sp³-hybridized carbons (Fsp3) is 0.440. The lowest BCUT2D eigenvalue weighted by Gasteiger charge is -2.36. The van der Waals surface area contributed by atoms with Gasteiger partial charge in [0.25, 0.3) is 0 Å². The Morgan fingerprint density at radius 3 is 2.52 bits per heavy atom. The molecule has 3 aromatic rings. The summed E-state index contributed by atoms with van der Waals surface area (Å²) in [6.45, 7) is 11.5. The zero-order valence-corrected chi connectivity index (χ0v) is 20.3. The molecule has 2 aliphatic rings. The molecule has 8 heteroatoms. The first-order chi connectivity index (χ1) is 15.9. The van der Waals surface area contributed by atoms with Gasteiger partial charge in [-0.2, -0.15) is 0 Å². The Balaban J connectivity index is 1.38. The maximum absolute atomic E-state index is 6.52. The van der Waals surface area contributed by atoms with Crippen LogP contribution >= 0.6 is 11.6 Å². The Hall–Kier alpha value is -2.77. The number of ether oxygens (including phenoxy) is 1. The van der Waals surface area contributed by atoms with Crippen LogP contribution in [-0.4, -0.2) is 51.8 Å². The van der Waals surface area contributed by atoms with E-state index in [1.807, 2.05) is 25.4 Å². The Morgan fingerprint density at radius 2 is 1.76 bits per heavy atom. The molecular weight excluding hydrogens is 436 g/mol. The molecule has 0 bridgehead atoms. The third-order valence-corrected chi connectivity index (χ3v) is 6.56. The van der Waals surface area contributed by atoms with Gasteiger partial charge in [-0.25, -0.2) is 15.0 Å². The van der Waals surface area contributed by atoms with Gasteiger partial charge in [0.15, 0.2) is 0 Å². The highest BCUT2D eigenvalue weighted by Gasteiger charge is 2.26. The average molecular weight is 465 g/mol. The fourth-order valence-corrected chi connectivity index (χ4v) is 4.97. The highest BCUT2D eigenvalue weighted by Crippen LogP contribution is 2.33. The zero-order chi connectivity index (χ0) is 23.1. The summed E-state index contributed by atoms with van der Waals surface area (Å²) in [5.74, 6) is 1.69. The molecule has 0 N–H and O–H groups in total. The van der Waals surface area contributed by atoms with E-state index in [0.717, 1.165) is 78.0 Å². The summed E-state index contributed by atoms with van der Waals surface area (Å²) < 4.78 is 5.85. The van der Waals surface area contributed by atoms with E-state index in [2.05, 4.69) is 46.6 Å². The molecule has 0 aliphatic carbocycles. The Kier molecular flexibility index (Phi) is 5.93. The minimum Gasteiger partial charge on any atom is -0.372 e. The topological polar surface area (TPSA) is 67.3 Å². The van der Waals surface area contributed by atoms with E-state index in [1.165, 1.54) is 0 Å². The van der Waals surface area contributed by atoms with Crippen LogP contribution in [0.4, 0.5) is 11.8 Å². The summed E-state index contributed by atoms with van der Waals surface area (Å²) in [5.41, 5.74) is 6.30. The fourth-order valence-electron chi connectivity index (χ4n) is 4.77. The summed E-state index contributed by atoms with van der Waals surface area (Å²) >= 11 is 6.52. The molecule has 5 heterocycles. The number of anilines is 2. The van der Waals surface area contributed by atoms with Crippen molar-refractivity contribution in [3.8, 4) is 11.3 Å². The number of pyridine rings is 2. The van der Waals surface area contributed by atoms with Gasteiger partial charge in [0.1, 0.15) is 5.82 Å². The van der Waals surface area contributed by atoms with Crippen LogP contribution in [0.1, 0.15) is 36.2 Å². The first-order valence-electron chi connectivity index (χ1n) is 11.5. The molecule has 172 valence electrons. The van der Waals surface area contributed by atoms with Crippen molar-refractivity contribution in [2.45, 2.75) is 52.9 Å². The van der Waals surface area contributed by atoms with Crippen molar-refractivity contribution in [2.24, 2.45) is 0 Å². The van der Waals surface area contributed by atoms with Crippen molar-refractivity contribution >= 4 is 23.4 Å². The van der Waals surface area contributed by atoms with Crippen LogP contribution < -0.4 is 9.80 Å². The molecule has 0 radical (unpaired) electrons. The van der Waals surface area contributed by atoms with Crippen molar-refractivity contribution in [1.82, 2.24) is 19.9 Å². The first-order valence-corrected chi connectivity index (χ1v) is 11.8. The van der Waals surface area contributed by atoms with Gasteiger partial charge < -0.3 is 14.5 Å². The second kappa shape index (κ2) is 8.88. The average Bonchev–Trinajstić information content (AvgIpc) is 2.78. The quantitative estimate of drug-likeness (QED) is 0.569. The van der Waals surface area contributed by atoms with Crippen molar-refractivity contribution in [3.05, 3.63) is 58.1 Å². The molecule has 0 amide bonds. The van der Waals surface area contributed by atoms with Gasteiger partial charge in [-0.3, -0.25) is 4.98 Å². The molecule has 2 unspecified atom stereocenters. The number of aryl methyl sites for hydroxylation is 2. The molecule has 2 aliphatic heterocycles. The van der Waals surface area contributed by atoms with Crippen molar-refractivity contribution in [2.75, 3.05) is 29.4 Å². The minimum atomic E-state index is 0.181. The van der Waals surface area contributed by atoms with Gasteiger partial charge in [-0.1, -0.05) is 17.7 Å². The smallest absolute Gasteiger partial charge is 0.225 e. The number of nitrogens with zero attached hydrogens (tertiary/aromatic N) is 6. The highest BCUT2D eigenvalue weighted by molar-refractivity contribution is 6.33. The second-order valence-electron chi connectivity index (χ2n) is 9.18. The third-order valence-electron chi connectivity index (χ3n) is 6.26. The summed E-state index contributed by atoms with van der Waals surface area (Å²) in [5, 5.41) is 0.609. The lowest BCUT2D eigenvalue weighted by Crippen LogP contribution is -2.46. The number of halogens is 1. The molecule has 7 nitrogen and oxygen atoms in total. The van der Waals surface area contributed by atoms with E-state index in [4.69, 9.17) is 26.3 Å². The van der Waals surface area contributed by atoms with Crippen molar-refractivity contribution in [1.29, 1.82) is 0 Å². The van der Waals surface area contributed by atoms with Crippen LogP contribution in [0, 0.1) is 13.8 Å². The summed E-state index contributed by atoms with van der Waals surface area (Å²) in [4.78, 5) is 23.3. The van der Waals surface area contributed by atoms with Crippen LogP contribution in [0.25, 0.3) is 11.3 Å². The van der Waals surface area contributed by atoms with E-state index < -0.39 is 0 Å². The summed E-state index contributed by atoms with van der Waals surface area (Å²) in [6, 6.07) is 4.17. The van der Waals surface area contributed by atoms with Crippen molar-refractivity contribution in [3.63, 3.8) is 0 Å². The van der Waals surface area contributed by atoms with Gasteiger partial charge in [0, 0.05) is 62.3 Å². The standard InChI is InChI=1S/C25H29ClN6O/c1-15-7-16(2)24(28-9-15)20-8-23(27-11-21(20)26)31-6-5-22-19(14-31)10-29-25(30-22)32-12-17(3)33-18(4)13-32/h7-11,17-18H,5-6,12-14H2,1-4H3. The molecule has 3 aromatic heterocycles. The largest absolute Gasteiger partial charge is 0.372 e. The third kappa shape index (κ3) is 4.52. The second-order valence-corrected chi connectivity index (χ2v) is 9.58. The molecule has 0 spiro atoms. The van der Waals surface area contributed by atoms with E-state index in [-0.39, 0.29) is 12.2 Å². The molecular formula is C25H29ClN6O. The summed E-state index contributed by atoms with van der Waals surface area (Å²) in [6.07, 6.45) is 6.78. The SMILES string of the molecule is Cc1cnc(-c2cc(N3CCc4nc(N5CC(C)OC(C)C5)ncc4C3)ncc2Cl)c(C)c1. The molecule has 2 atom stereocenters.